The third kappa shape index (κ3) is 6.73. The fourth-order valence-corrected chi connectivity index (χ4v) is 4.45. The molecule has 3 N–H and O–H groups in total. The largest absolute Gasteiger partial charge is 0.444 e. The van der Waals surface area contributed by atoms with Crippen molar-refractivity contribution in [2.75, 3.05) is 11.4 Å². The van der Waals surface area contributed by atoms with Gasteiger partial charge in [-0.25, -0.2) is 4.79 Å². The number of amides is 3. The lowest BCUT2D eigenvalue weighted by Gasteiger charge is -2.44. The standard InChI is InChI=1S/C26H36N4O4/c1-6-24(32)30-17(2)14-21(20-10-7-8-11-22(20)30)28-18-15-19(16-18)29-23(31)12-9-13-27-25(33)34-26(3,4)5/h7-8,10-11,17-19,21,28H,6,13-16H2,1-5H3,(H,27,33)(H,29,31)/t17-,18?,19?,21+/m0/s1. The number of anilines is 1. The summed E-state index contributed by atoms with van der Waals surface area (Å²) >= 11 is 0. The van der Waals surface area contributed by atoms with Crippen LogP contribution < -0.4 is 20.9 Å². The number of para-hydroxylation sites is 1. The zero-order chi connectivity index (χ0) is 24.9. The van der Waals surface area contributed by atoms with Crippen molar-refractivity contribution in [3.05, 3.63) is 29.8 Å². The van der Waals surface area contributed by atoms with Crippen molar-refractivity contribution < 1.29 is 19.1 Å². The van der Waals surface area contributed by atoms with Gasteiger partial charge < -0.3 is 25.6 Å². The molecule has 1 heterocycles. The van der Waals surface area contributed by atoms with E-state index in [1.807, 2.05) is 30.0 Å². The maximum atomic E-state index is 12.5. The lowest BCUT2D eigenvalue weighted by atomic mass is 9.83. The van der Waals surface area contributed by atoms with E-state index in [-0.39, 0.29) is 36.5 Å². The van der Waals surface area contributed by atoms with Crippen molar-refractivity contribution in [3.8, 4) is 11.8 Å². The van der Waals surface area contributed by atoms with Crippen molar-refractivity contribution >= 4 is 23.6 Å². The summed E-state index contributed by atoms with van der Waals surface area (Å²) in [5.74, 6) is 4.95. The summed E-state index contributed by atoms with van der Waals surface area (Å²) in [6, 6.07) is 8.77. The fourth-order valence-electron chi connectivity index (χ4n) is 4.45. The van der Waals surface area contributed by atoms with E-state index in [0.717, 1.165) is 30.5 Å². The Morgan fingerprint density at radius 2 is 1.82 bits per heavy atom. The van der Waals surface area contributed by atoms with Crippen LogP contribution in [-0.2, 0) is 14.3 Å². The summed E-state index contributed by atoms with van der Waals surface area (Å²) in [6.45, 7) is 9.38. The van der Waals surface area contributed by atoms with E-state index in [4.69, 9.17) is 4.74 Å². The summed E-state index contributed by atoms with van der Waals surface area (Å²) in [5, 5.41) is 9.14. The second-order valence-corrected chi connectivity index (χ2v) is 9.98. The third-order valence-electron chi connectivity index (χ3n) is 5.99. The van der Waals surface area contributed by atoms with Gasteiger partial charge in [-0.3, -0.25) is 9.59 Å². The van der Waals surface area contributed by atoms with E-state index in [1.165, 1.54) is 0 Å². The molecule has 0 aromatic heterocycles. The van der Waals surface area contributed by atoms with Crippen LogP contribution in [0.4, 0.5) is 10.5 Å². The van der Waals surface area contributed by atoms with Crippen LogP contribution in [0.1, 0.15) is 71.9 Å². The van der Waals surface area contributed by atoms with Crippen molar-refractivity contribution in [2.45, 2.75) is 90.1 Å². The van der Waals surface area contributed by atoms with Crippen LogP contribution in [0.3, 0.4) is 0 Å². The van der Waals surface area contributed by atoms with Gasteiger partial charge in [0, 0.05) is 36.3 Å². The van der Waals surface area contributed by atoms with Gasteiger partial charge in [-0.05, 0) is 64.5 Å². The minimum absolute atomic E-state index is 0.0496. The molecule has 3 amide bonds. The minimum atomic E-state index is -0.576. The Bertz CT molecular complexity index is 969. The minimum Gasteiger partial charge on any atom is -0.444 e. The quantitative estimate of drug-likeness (QED) is 0.577. The number of ether oxygens (including phenoxy) is 1. The second kappa shape index (κ2) is 10.9. The van der Waals surface area contributed by atoms with Crippen LogP contribution in [0, 0.1) is 11.8 Å². The summed E-state index contributed by atoms with van der Waals surface area (Å²) < 4.78 is 5.12. The molecule has 1 fully saturated rings. The number of rotatable bonds is 5. The molecule has 1 aliphatic carbocycles. The monoisotopic (exact) mass is 468 g/mol. The Morgan fingerprint density at radius 1 is 1.12 bits per heavy atom. The number of hydrogen-bond donors (Lipinski definition) is 3. The molecule has 8 heteroatoms. The number of benzene rings is 1. The highest BCUT2D eigenvalue weighted by molar-refractivity contribution is 5.95. The topological polar surface area (TPSA) is 99.8 Å². The molecule has 1 aromatic carbocycles. The van der Waals surface area contributed by atoms with Gasteiger partial charge in [-0.15, -0.1) is 0 Å². The van der Waals surface area contributed by atoms with Crippen LogP contribution in [0.5, 0.6) is 0 Å². The summed E-state index contributed by atoms with van der Waals surface area (Å²) in [7, 11) is 0. The number of carbonyl (C=O) groups excluding carboxylic acids is 3. The van der Waals surface area contributed by atoms with Gasteiger partial charge in [0.05, 0.1) is 6.54 Å². The average molecular weight is 469 g/mol. The number of hydrogen-bond acceptors (Lipinski definition) is 5. The first-order valence-electron chi connectivity index (χ1n) is 12.0. The highest BCUT2D eigenvalue weighted by Gasteiger charge is 2.37. The summed E-state index contributed by atoms with van der Waals surface area (Å²) in [4.78, 5) is 38.1. The molecule has 3 rings (SSSR count). The van der Waals surface area contributed by atoms with Gasteiger partial charge in [-0.1, -0.05) is 31.0 Å². The molecule has 0 spiro atoms. The fraction of sp³-hybridized carbons (Fsp3) is 0.577. The van der Waals surface area contributed by atoms with Crippen molar-refractivity contribution in [1.82, 2.24) is 16.0 Å². The van der Waals surface area contributed by atoms with Gasteiger partial charge in [0.15, 0.2) is 0 Å². The first-order valence-corrected chi connectivity index (χ1v) is 12.0. The van der Waals surface area contributed by atoms with E-state index in [9.17, 15) is 14.4 Å². The maximum Gasteiger partial charge on any atom is 0.408 e. The van der Waals surface area contributed by atoms with Gasteiger partial charge in [0.25, 0.3) is 5.91 Å². The Labute approximate surface area is 202 Å². The van der Waals surface area contributed by atoms with E-state index in [1.54, 1.807) is 20.8 Å². The zero-order valence-corrected chi connectivity index (χ0v) is 20.7. The molecule has 1 aromatic rings. The lowest BCUT2D eigenvalue weighted by Crippen LogP contribution is -2.54. The third-order valence-corrected chi connectivity index (χ3v) is 5.99. The number of nitrogens with zero attached hydrogens (tertiary/aromatic N) is 1. The number of fused-ring (bicyclic) bond motifs is 1. The molecule has 34 heavy (non-hydrogen) atoms. The predicted octanol–water partition coefficient (Wildman–Crippen LogP) is 3.03. The highest BCUT2D eigenvalue weighted by atomic mass is 16.6. The molecule has 0 unspecified atom stereocenters. The van der Waals surface area contributed by atoms with Crippen LogP contribution in [0.15, 0.2) is 24.3 Å². The van der Waals surface area contributed by atoms with E-state index in [0.29, 0.717) is 12.5 Å². The first kappa shape index (κ1) is 25.6. The zero-order valence-electron chi connectivity index (χ0n) is 20.7. The van der Waals surface area contributed by atoms with Crippen LogP contribution in [0.25, 0.3) is 0 Å². The van der Waals surface area contributed by atoms with Crippen LogP contribution in [-0.4, -0.2) is 48.2 Å². The van der Waals surface area contributed by atoms with Gasteiger partial charge in [0.2, 0.25) is 5.91 Å². The smallest absolute Gasteiger partial charge is 0.408 e. The van der Waals surface area contributed by atoms with Crippen molar-refractivity contribution in [3.63, 3.8) is 0 Å². The van der Waals surface area contributed by atoms with E-state index >= 15 is 0 Å². The molecule has 1 saturated carbocycles. The molecule has 184 valence electrons. The Morgan fingerprint density at radius 3 is 2.50 bits per heavy atom. The highest BCUT2D eigenvalue weighted by Crippen LogP contribution is 2.38. The summed E-state index contributed by atoms with van der Waals surface area (Å²) in [5.41, 5.74) is 1.57. The molecule has 2 aliphatic rings. The molecule has 1 aliphatic heterocycles. The van der Waals surface area contributed by atoms with Crippen molar-refractivity contribution in [2.24, 2.45) is 0 Å². The second-order valence-electron chi connectivity index (χ2n) is 9.98. The SMILES string of the molecule is CCC(=O)N1c2ccccc2[C@H](NC2CC(NC(=O)C#CCNC(=O)OC(C)(C)C)C2)C[C@@H]1C. The molecule has 0 bridgehead atoms. The van der Waals surface area contributed by atoms with E-state index < -0.39 is 11.7 Å². The number of nitrogens with one attached hydrogen (secondary N) is 3. The Kier molecular flexibility index (Phi) is 8.21. The van der Waals surface area contributed by atoms with Crippen LogP contribution >= 0.6 is 0 Å². The first-order chi connectivity index (χ1) is 16.1. The van der Waals surface area contributed by atoms with Gasteiger partial charge in [0.1, 0.15) is 5.60 Å². The van der Waals surface area contributed by atoms with Crippen molar-refractivity contribution in [1.29, 1.82) is 0 Å². The molecule has 0 radical (unpaired) electrons. The predicted molar refractivity (Wildman–Crippen MR) is 131 cm³/mol. The van der Waals surface area contributed by atoms with Gasteiger partial charge >= 0.3 is 6.09 Å². The lowest BCUT2D eigenvalue weighted by molar-refractivity contribution is -0.119. The normalized spacial score (nSPS) is 23.5. The molecule has 2 atom stereocenters. The van der Waals surface area contributed by atoms with Crippen LogP contribution in [0.2, 0.25) is 0 Å². The molecular weight excluding hydrogens is 432 g/mol. The average Bonchev–Trinajstić information content (AvgIpc) is 2.73. The van der Waals surface area contributed by atoms with E-state index in [2.05, 4.69) is 40.8 Å². The van der Waals surface area contributed by atoms with Gasteiger partial charge in [-0.2, -0.15) is 0 Å². The molecular formula is C26H36N4O4. The number of carbonyl (C=O) groups is 3. The summed E-state index contributed by atoms with van der Waals surface area (Å²) in [6.07, 6.45) is 2.44. The molecule has 8 nitrogen and oxygen atoms in total. The maximum absolute atomic E-state index is 12.5. The number of alkyl carbamates (subject to hydrolysis) is 1. The molecule has 0 saturated heterocycles. The Hall–Kier alpha value is -3.05. The Balaban J connectivity index is 1.45.